The second-order valence-electron chi connectivity index (χ2n) is 5.67. The number of hydrogen-bond acceptors (Lipinski definition) is 5. The van der Waals surface area contributed by atoms with Gasteiger partial charge in [0.2, 0.25) is 0 Å². The van der Waals surface area contributed by atoms with E-state index in [2.05, 4.69) is 10.3 Å². The standard InChI is InChI=1S/C18H17N3O3/c1-12-5-7-13(8-6-12)19-16-15(18-23-10-11-24-18)17(22)21-9-3-2-4-14(21)20-16/h2-9,18-19H,10-11H2,1H3. The largest absolute Gasteiger partial charge is 0.346 e. The number of rotatable bonds is 3. The summed E-state index contributed by atoms with van der Waals surface area (Å²) < 4.78 is 12.6. The highest BCUT2D eigenvalue weighted by Crippen LogP contribution is 2.28. The van der Waals surface area contributed by atoms with Crippen molar-refractivity contribution in [3.05, 3.63) is 70.1 Å². The van der Waals surface area contributed by atoms with Gasteiger partial charge in [-0.15, -0.1) is 0 Å². The number of aromatic nitrogens is 2. The quantitative estimate of drug-likeness (QED) is 0.803. The van der Waals surface area contributed by atoms with Gasteiger partial charge in [-0.1, -0.05) is 23.8 Å². The molecule has 0 amide bonds. The van der Waals surface area contributed by atoms with Crippen molar-refractivity contribution < 1.29 is 9.47 Å². The van der Waals surface area contributed by atoms with E-state index < -0.39 is 6.29 Å². The first kappa shape index (κ1) is 14.9. The first-order valence-electron chi connectivity index (χ1n) is 7.80. The molecule has 1 aliphatic heterocycles. The van der Waals surface area contributed by atoms with Crippen LogP contribution in [0.25, 0.3) is 5.65 Å². The average molecular weight is 323 g/mol. The van der Waals surface area contributed by atoms with E-state index in [1.54, 1.807) is 18.3 Å². The summed E-state index contributed by atoms with van der Waals surface area (Å²) >= 11 is 0. The van der Waals surface area contributed by atoms with Gasteiger partial charge in [-0.05, 0) is 31.2 Å². The molecule has 4 rings (SSSR count). The molecule has 1 saturated heterocycles. The number of aryl methyl sites for hydroxylation is 1. The van der Waals surface area contributed by atoms with Crippen LogP contribution in [0.15, 0.2) is 53.5 Å². The number of nitrogens with one attached hydrogen (secondary N) is 1. The Bertz CT molecular complexity index is 928. The molecular formula is C18H17N3O3. The van der Waals surface area contributed by atoms with Gasteiger partial charge in [0.05, 0.1) is 13.2 Å². The van der Waals surface area contributed by atoms with Gasteiger partial charge in [-0.3, -0.25) is 9.20 Å². The maximum atomic E-state index is 12.9. The highest BCUT2D eigenvalue weighted by atomic mass is 16.7. The Hall–Kier alpha value is -2.70. The monoisotopic (exact) mass is 323 g/mol. The summed E-state index contributed by atoms with van der Waals surface area (Å²) in [5.74, 6) is 0.460. The average Bonchev–Trinajstić information content (AvgIpc) is 3.11. The maximum Gasteiger partial charge on any atom is 0.268 e. The fraction of sp³-hybridized carbons (Fsp3) is 0.222. The summed E-state index contributed by atoms with van der Waals surface area (Å²) in [6.45, 7) is 2.95. The van der Waals surface area contributed by atoms with Crippen LogP contribution in [0.2, 0.25) is 0 Å². The molecule has 0 radical (unpaired) electrons. The van der Waals surface area contributed by atoms with Crippen LogP contribution in [0.4, 0.5) is 11.5 Å². The number of benzene rings is 1. The van der Waals surface area contributed by atoms with Gasteiger partial charge in [0.15, 0.2) is 6.29 Å². The first-order chi connectivity index (χ1) is 11.7. The van der Waals surface area contributed by atoms with Crippen LogP contribution in [0.5, 0.6) is 0 Å². The SMILES string of the molecule is Cc1ccc(Nc2nc3ccccn3c(=O)c2C2OCCO2)cc1. The Labute approximate surface area is 138 Å². The first-order valence-corrected chi connectivity index (χ1v) is 7.80. The molecule has 0 atom stereocenters. The molecule has 6 nitrogen and oxygen atoms in total. The van der Waals surface area contributed by atoms with Crippen LogP contribution in [0, 0.1) is 6.92 Å². The molecule has 0 saturated carbocycles. The molecule has 1 fully saturated rings. The highest BCUT2D eigenvalue weighted by Gasteiger charge is 2.27. The molecule has 0 bridgehead atoms. The smallest absolute Gasteiger partial charge is 0.268 e. The molecule has 0 aliphatic carbocycles. The van der Waals surface area contributed by atoms with E-state index in [0.29, 0.717) is 30.2 Å². The molecule has 2 aromatic heterocycles. The van der Waals surface area contributed by atoms with E-state index in [4.69, 9.17) is 9.47 Å². The van der Waals surface area contributed by atoms with Gasteiger partial charge in [-0.25, -0.2) is 4.98 Å². The van der Waals surface area contributed by atoms with Crippen LogP contribution < -0.4 is 10.9 Å². The molecular weight excluding hydrogens is 306 g/mol. The third kappa shape index (κ3) is 2.66. The Morgan fingerprint density at radius 3 is 2.62 bits per heavy atom. The zero-order valence-corrected chi connectivity index (χ0v) is 13.2. The minimum absolute atomic E-state index is 0.192. The van der Waals surface area contributed by atoms with Gasteiger partial charge < -0.3 is 14.8 Å². The number of nitrogens with zero attached hydrogens (tertiary/aromatic N) is 2. The highest BCUT2D eigenvalue weighted by molar-refractivity contribution is 5.62. The van der Waals surface area contributed by atoms with Crippen molar-refractivity contribution in [1.82, 2.24) is 9.38 Å². The number of fused-ring (bicyclic) bond motifs is 1. The summed E-state index contributed by atoms with van der Waals surface area (Å²) in [5, 5.41) is 3.23. The minimum Gasteiger partial charge on any atom is -0.346 e. The van der Waals surface area contributed by atoms with Crippen LogP contribution in [0.3, 0.4) is 0 Å². The lowest BCUT2D eigenvalue weighted by molar-refractivity contribution is -0.0448. The Morgan fingerprint density at radius 2 is 1.88 bits per heavy atom. The van der Waals surface area contributed by atoms with Crippen LogP contribution in [-0.2, 0) is 9.47 Å². The van der Waals surface area contributed by atoms with E-state index >= 15 is 0 Å². The minimum atomic E-state index is -0.699. The van der Waals surface area contributed by atoms with Crippen molar-refractivity contribution in [2.24, 2.45) is 0 Å². The van der Waals surface area contributed by atoms with Crippen LogP contribution >= 0.6 is 0 Å². The number of hydrogen-bond donors (Lipinski definition) is 1. The van der Waals surface area contributed by atoms with Gasteiger partial charge in [0.1, 0.15) is 17.0 Å². The Morgan fingerprint density at radius 1 is 1.12 bits per heavy atom. The lowest BCUT2D eigenvalue weighted by Crippen LogP contribution is -2.24. The summed E-state index contributed by atoms with van der Waals surface area (Å²) in [7, 11) is 0. The fourth-order valence-electron chi connectivity index (χ4n) is 2.71. The summed E-state index contributed by atoms with van der Waals surface area (Å²) in [6.07, 6.45) is 0.994. The molecule has 1 aromatic carbocycles. The zero-order valence-electron chi connectivity index (χ0n) is 13.2. The topological polar surface area (TPSA) is 64.9 Å². The predicted molar refractivity (Wildman–Crippen MR) is 90.6 cm³/mol. The Balaban J connectivity index is 1.86. The van der Waals surface area contributed by atoms with Crippen molar-refractivity contribution in [2.75, 3.05) is 18.5 Å². The zero-order chi connectivity index (χ0) is 16.5. The predicted octanol–water partition coefficient (Wildman–Crippen LogP) is 2.79. The van der Waals surface area contributed by atoms with Crippen molar-refractivity contribution in [3.63, 3.8) is 0 Å². The molecule has 0 spiro atoms. The number of ether oxygens (including phenoxy) is 2. The summed E-state index contributed by atoms with van der Waals surface area (Å²) in [4.78, 5) is 17.5. The molecule has 122 valence electrons. The van der Waals surface area contributed by atoms with Gasteiger partial charge in [0.25, 0.3) is 5.56 Å². The molecule has 3 aromatic rings. The normalized spacial score (nSPS) is 15.0. The number of pyridine rings is 1. The summed E-state index contributed by atoms with van der Waals surface area (Å²) in [6, 6.07) is 13.3. The lowest BCUT2D eigenvalue weighted by Gasteiger charge is -2.16. The van der Waals surface area contributed by atoms with Crippen LogP contribution in [-0.4, -0.2) is 22.6 Å². The fourth-order valence-corrected chi connectivity index (χ4v) is 2.71. The van der Waals surface area contributed by atoms with E-state index in [1.165, 1.54) is 4.40 Å². The van der Waals surface area contributed by atoms with Gasteiger partial charge in [0, 0.05) is 11.9 Å². The summed E-state index contributed by atoms with van der Waals surface area (Å²) in [5.41, 5.74) is 2.78. The van der Waals surface area contributed by atoms with E-state index in [0.717, 1.165) is 11.3 Å². The van der Waals surface area contributed by atoms with Gasteiger partial charge in [-0.2, -0.15) is 0 Å². The molecule has 0 unspecified atom stereocenters. The molecule has 1 aliphatic rings. The molecule has 24 heavy (non-hydrogen) atoms. The molecule has 3 heterocycles. The maximum absolute atomic E-state index is 12.9. The van der Waals surface area contributed by atoms with Crippen molar-refractivity contribution >= 4 is 17.2 Å². The van der Waals surface area contributed by atoms with Gasteiger partial charge >= 0.3 is 0 Å². The Kier molecular flexibility index (Phi) is 3.76. The van der Waals surface area contributed by atoms with Crippen molar-refractivity contribution in [3.8, 4) is 0 Å². The second kappa shape index (κ2) is 6.07. The third-order valence-corrected chi connectivity index (χ3v) is 3.94. The van der Waals surface area contributed by atoms with Crippen LogP contribution in [0.1, 0.15) is 17.4 Å². The van der Waals surface area contributed by atoms with Crippen molar-refractivity contribution in [2.45, 2.75) is 13.2 Å². The molecule has 1 N–H and O–H groups in total. The van der Waals surface area contributed by atoms with E-state index in [-0.39, 0.29) is 5.56 Å². The third-order valence-electron chi connectivity index (χ3n) is 3.94. The second-order valence-corrected chi connectivity index (χ2v) is 5.67. The van der Waals surface area contributed by atoms with E-state index in [1.807, 2.05) is 37.3 Å². The molecule has 6 heteroatoms. The van der Waals surface area contributed by atoms with E-state index in [9.17, 15) is 4.79 Å². The number of anilines is 2. The van der Waals surface area contributed by atoms with Crippen molar-refractivity contribution in [1.29, 1.82) is 0 Å². The lowest BCUT2D eigenvalue weighted by atomic mass is 10.2.